The second kappa shape index (κ2) is 6.31. The largest absolute Gasteiger partial charge is 0.315 e. The zero-order valence-electron chi connectivity index (χ0n) is 12.2. The minimum atomic E-state index is 0.924. The van der Waals surface area contributed by atoms with Crippen molar-refractivity contribution >= 4 is 11.3 Å². The Bertz CT molecular complexity index is 558. The van der Waals surface area contributed by atoms with Crippen LogP contribution in [0.5, 0.6) is 0 Å². The van der Waals surface area contributed by atoms with Gasteiger partial charge in [0.15, 0.2) is 0 Å². The molecule has 0 spiro atoms. The summed E-state index contributed by atoms with van der Waals surface area (Å²) in [6, 6.07) is 6.70. The lowest BCUT2D eigenvalue weighted by Crippen LogP contribution is -2.05. The molecule has 0 aliphatic rings. The van der Waals surface area contributed by atoms with Crippen LogP contribution < -0.4 is 5.32 Å². The highest BCUT2D eigenvalue weighted by Gasteiger charge is 2.09. The van der Waals surface area contributed by atoms with Crippen LogP contribution in [0.3, 0.4) is 0 Å². The van der Waals surface area contributed by atoms with Crippen molar-refractivity contribution in [2.45, 2.75) is 40.2 Å². The molecular formula is C16H22N2S. The first-order chi connectivity index (χ1) is 9.13. The fraction of sp³-hybridized carbons (Fsp3) is 0.438. The summed E-state index contributed by atoms with van der Waals surface area (Å²) in [5.41, 5.74) is 5.32. The number of thiazole rings is 1. The van der Waals surface area contributed by atoms with Gasteiger partial charge in [-0.1, -0.05) is 25.1 Å². The van der Waals surface area contributed by atoms with Crippen molar-refractivity contribution < 1.29 is 0 Å². The van der Waals surface area contributed by atoms with Gasteiger partial charge in [-0.15, -0.1) is 11.3 Å². The van der Waals surface area contributed by atoms with E-state index < -0.39 is 0 Å². The van der Waals surface area contributed by atoms with Gasteiger partial charge in [-0.2, -0.15) is 0 Å². The van der Waals surface area contributed by atoms with E-state index >= 15 is 0 Å². The van der Waals surface area contributed by atoms with Crippen LogP contribution in [-0.4, -0.2) is 12.0 Å². The maximum atomic E-state index is 4.77. The normalized spacial score (nSPS) is 10.9. The predicted octanol–water partition coefficient (Wildman–Crippen LogP) is 3.63. The highest BCUT2D eigenvalue weighted by Crippen LogP contribution is 2.22. The van der Waals surface area contributed by atoms with E-state index in [-0.39, 0.29) is 0 Å². The molecule has 0 amide bonds. The number of rotatable bonds is 5. The van der Waals surface area contributed by atoms with Gasteiger partial charge < -0.3 is 5.32 Å². The molecule has 19 heavy (non-hydrogen) atoms. The molecule has 0 saturated carbocycles. The van der Waals surface area contributed by atoms with Gasteiger partial charge in [-0.05, 0) is 44.0 Å². The Kier molecular flexibility index (Phi) is 4.72. The molecule has 0 aliphatic heterocycles. The SMILES string of the molecule is CCc1nc(Cc2ccc(C)c(C)c2)sc1CNC. The smallest absolute Gasteiger partial charge is 0.0975 e. The molecule has 1 aromatic heterocycles. The summed E-state index contributed by atoms with van der Waals surface area (Å²) in [6.45, 7) is 7.43. The molecule has 1 aromatic carbocycles. The van der Waals surface area contributed by atoms with E-state index in [0.29, 0.717) is 0 Å². The zero-order chi connectivity index (χ0) is 13.8. The summed E-state index contributed by atoms with van der Waals surface area (Å²) in [5.74, 6) is 0. The minimum Gasteiger partial charge on any atom is -0.315 e. The third-order valence-electron chi connectivity index (χ3n) is 3.42. The van der Waals surface area contributed by atoms with Crippen LogP contribution in [0, 0.1) is 13.8 Å². The van der Waals surface area contributed by atoms with Crippen molar-refractivity contribution in [3.05, 3.63) is 50.5 Å². The van der Waals surface area contributed by atoms with Crippen LogP contribution in [0.4, 0.5) is 0 Å². The maximum absolute atomic E-state index is 4.77. The molecule has 0 fully saturated rings. The summed E-state index contributed by atoms with van der Waals surface area (Å²) in [5, 5.41) is 4.45. The highest BCUT2D eigenvalue weighted by atomic mass is 32.1. The van der Waals surface area contributed by atoms with E-state index in [4.69, 9.17) is 4.98 Å². The molecule has 0 atom stereocenters. The first-order valence-corrected chi connectivity index (χ1v) is 7.63. The number of hydrogen-bond donors (Lipinski definition) is 1. The lowest BCUT2D eigenvalue weighted by atomic mass is 10.0. The second-order valence-corrected chi connectivity index (χ2v) is 6.12. The van der Waals surface area contributed by atoms with Crippen LogP contribution in [-0.2, 0) is 19.4 Å². The molecule has 1 N–H and O–H groups in total. The molecule has 0 radical (unpaired) electrons. The van der Waals surface area contributed by atoms with Gasteiger partial charge in [0.05, 0.1) is 10.7 Å². The molecule has 1 heterocycles. The quantitative estimate of drug-likeness (QED) is 0.900. The summed E-state index contributed by atoms with van der Waals surface area (Å²) < 4.78 is 0. The number of aryl methyl sites for hydroxylation is 3. The number of nitrogens with one attached hydrogen (secondary N) is 1. The van der Waals surface area contributed by atoms with Gasteiger partial charge >= 0.3 is 0 Å². The fourth-order valence-electron chi connectivity index (χ4n) is 2.18. The van der Waals surface area contributed by atoms with Crippen molar-refractivity contribution in [1.82, 2.24) is 10.3 Å². The Labute approximate surface area is 119 Å². The molecule has 3 heteroatoms. The third kappa shape index (κ3) is 3.43. The average Bonchev–Trinajstić information content (AvgIpc) is 2.76. The van der Waals surface area contributed by atoms with Crippen molar-refractivity contribution in [2.75, 3.05) is 7.05 Å². The van der Waals surface area contributed by atoms with Gasteiger partial charge in [0.25, 0.3) is 0 Å². The van der Waals surface area contributed by atoms with Crippen molar-refractivity contribution in [1.29, 1.82) is 0 Å². The standard InChI is InChI=1S/C16H22N2S/c1-5-14-15(10-17-4)19-16(18-14)9-13-7-6-11(2)12(3)8-13/h6-8,17H,5,9-10H2,1-4H3. The maximum Gasteiger partial charge on any atom is 0.0975 e. The number of nitrogens with zero attached hydrogens (tertiary/aromatic N) is 1. The van der Waals surface area contributed by atoms with Gasteiger partial charge in [0.1, 0.15) is 0 Å². The van der Waals surface area contributed by atoms with E-state index in [1.807, 2.05) is 18.4 Å². The lowest BCUT2D eigenvalue weighted by Gasteiger charge is -2.03. The average molecular weight is 274 g/mol. The Morgan fingerprint density at radius 2 is 2.00 bits per heavy atom. The predicted molar refractivity (Wildman–Crippen MR) is 83.0 cm³/mol. The summed E-state index contributed by atoms with van der Waals surface area (Å²) >= 11 is 1.84. The highest BCUT2D eigenvalue weighted by molar-refractivity contribution is 7.11. The van der Waals surface area contributed by atoms with Crippen molar-refractivity contribution in [3.8, 4) is 0 Å². The zero-order valence-corrected chi connectivity index (χ0v) is 13.0. The lowest BCUT2D eigenvalue weighted by molar-refractivity contribution is 0.813. The van der Waals surface area contributed by atoms with E-state index in [2.05, 4.69) is 44.3 Å². The summed E-state index contributed by atoms with van der Waals surface area (Å²) in [7, 11) is 1.99. The van der Waals surface area contributed by atoms with Gasteiger partial charge in [0.2, 0.25) is 0 Å². The van der Waals surface area contributed by atoms with Crippen molar-refractivity contribution in [2.24, 2.45) is 0 Å². The van der Waals surface area contributed by atoms with Gasteiger partial charge in [-0.25, -0.2) is 4.98 Å². The Morgan fingerprint density at radius 1 is 1.21 bits per heavy atom. The first kappa shape index (κ1) is 14.2. The second-order valence-electron chi connectivity index (χ2n) is 4.96. The van der Waals surface area contributed by atoms with Crippen molar-refractivity contribution in [3.63, 3.8) is 0 Å². The third-order valence-corrected chi connectivity index (χ3v) is 4.52. The van der Waals surface area contributed by atoms with Crippen LogP contribution >= 0.6 is 11.3 Å². The van der Waals surface area contributed by atoms with Gasteiger partial charge in [0, 0.05) is 17.8 Å². The van der Waals surface area contributed by atoms with E-state index in [0.717, 1.165) is 19.4 Å². The molecule has 2 aromatic rings. The van der Waals surface area contributed by atoms with Crippen LogP contribution in [0.25, 0.3) is 0 Å². The topological polar surface area (TPSA) is 24.9 Å². The Balaban J connectivity index is 2.20. The van der Waals surface area contributed by atoms with Crippen LogP contribution in [0.15, 0.2) is 18.2 Å². The number of aromatic nitrogens is 1. The number of benzene rings is 1. The molecular weight excluding hydrogens is 252 g/mol. The Morgan fingerprint density at radius 3 is 2.63 bits per heavy atom. The van der Waals surface area contributed by atoms with E-state index in [9.17, 15) is 0 Å². The van der Waals surface area contributed by atoms with Crippen LogP contribution in [0.1, 0.15) is 39.2 Å². The summed E-state index contributed by atoms with van der Waals surface area (Å²) in [4.78, 5) is 6.15. The molecule has 0 unspecified atom stereocenters. The molecule has 102 valence electrons. The molecule has 0 aliphatic carbocycles. The van der Waals surface area contributed by atoms with Gasteiger partial charge in [-0.3, -0.25) is 0 Å². The molecule has 0 bridgehead atoms. The summed E-state index contributed by atoms with van der Waals surface area (Å²) in [6.07, 6.45) is 1.96. The molecule has 2 rings (SSSR count). The molecule has 0 saturated heterocycles. The van der Waals surface area contributed by atoms with Crippen LogP contribution in [0.2, 0.25) is 0 Å². The van der Waals surface area contributed by atoms with E-state index in [1.54, 1.807) is 0 Å². The first-order valence-electron chi connectivity index (χ1n) is 6.82. The Hall–Kier alpha value is -1.19. The van der Waals surface area contributed by atoms with E-state index in [1.165, 1.54) is 32.3 Å². The fourth-order valence-corrected chi connectivity index (χ4v) is 3.38. The monoisotopic (exact) mass is 274 g/mol. The molecule has 2 nitrogen and oxygen atoms in total. The number of hydrogen-bond acceptors (Lipinski definition) is 3. The minimum absolute atomic E-state index is 0.924.